The van der Waals surface area contributed by atoms with E-state index in [0.29, 0.717) is 6.61 Å². The van der Waals surface area contributed by atoms with Crippen LogP contribution in [0, 0.1) is 5.92 Å². The molecule has 8 heteroatoms. The van der Waals surface area contributed by atoms with E-state index in [0.717, 1.165) is 5.57 Å². The average molecular weight is 399 g/mol. The highest BCUT2D eigenvalue weighted by atomic mass is 35.6. The van der Waals surface area contributed by atoms with Crippen LogP contribution in [0.4, 0.5) is 0 Å². The number of ether oxygens (including phenoxy) is 2. The molecule has 1 saturated heterocycles. The second-order valence-corrected chi connectivity index (χ2v) is 9.00. The maximum Gasteiger partial charge on any atom is 0.272 e. The van der Waals surface area contributed by atoms with E-state index in [1.165, 1.54) is 0 Å². The minimum Gasteiger partial charge on any atom is -0.389 e. The highest BCUT2D eigenvalue weighted by molar-refractivity contribution is 6.76. The van der Waals surface area contributed by atoms with Gasteiger partial charge >= 0.3 is 0 Å². The van der Waals surface area contributed by atoms with Crippen LogP contribution in [0.25, 0.3) is 0 Å². The number of hydrogen-bond acceptors (Lipinski definition) is 4. The highest BCUT2D eigenvalue weighted by Gasteiger charge is 2.51. The molecule has 0 unspecified atom stereocenters. The predicted octanol–water partition coefficient (Wildman–Crippen LogP) is 2.88. The molecule has 2 aliphatic rings. The van der Waals surface area contributed by atoms with Crippen molar-refractivity contribution in [3.8, 4) is 0 Å². The fraction of sp³-hybridized carbons (Fsp3) is 0.688. The summed E-state index contributed by atoms with van der Waals surface area (Å²) in [6, 6.07) is 0. The van der Waals surface area contributed by atoms with Crippen molar-refractivity contribution >= 4 is 40.7 Å². The van der Waals surface area contributed by atoms with Crippen molar-refractivity contribution in [3.05, 3.63) is 24.3 Å². The van der Waals surface area contributed by atoms with Crippen LogP contribution in [0.5, 0.6) is 0 Å². The largest absolute Gasteiger partial charge is 0.389 e. The standard InChI is InChI=1S/C16H22Cl3NO4/c1-5-15(20-13(22)16(17,18)19)7-11(21)9(2)6-10(15)12-8-23-14(3,4)24-12/h5-6,10-12,21H,1,7-8H2,2-4H3,(H,20,22)/t10-,11-,12-,15+/m1/s1. The molecule has 0 radical (unpaired) electrons. The molecule has 0 aromatic carbocycles. The van der Waals surface area contributed by atoms with E-state index in [-0.39, 0.29) is 18.4 Å². The van der Waals surface area contributed by atoms with Gasteiger partial charge in [-0.25, -0.2) is 0 Å². The molecule has 2 N–H and O–H groups in total. The van der Waals surface area contributed by atoms with Crippen molar-refractivity contribution in [1.29, 1.82) is 0 Å². The Labute approximate surface area is 156 Å². The number of aliphatic hydroxyl groups is 1. The van der Waals surface area contributed by atoms with Gasteiger partial charge in [-0.05, 0) is 26.3 Å². The van der Waals surface area contributed by atoms with Gasteiger partial charge in [-0.1, -0.05) is 47.0 Å². The third kappa shape index (κ3) is 4.09. The van der Waals surface area contributed by atoms with Gasteiger partial charge in [-0.15, -0.1) is 6.58 Å². The summed E-state index contributed by atoms with van der Waals surface area (Å²) in [5.74, 6) is -1.83. The predicted molar refractivity (Wildman–Crippen MR) is 94.1 cm³/mol. The first-order valence-electron chi connectivity index (χ1n) is 7.61. The quantitative estimate of drug-likeness (QED) is 0.566. The van der Waals surface area contributed by atoms with Crippen molar-refractivity contribution in [1.82, 2.24) is 5.32 Å². The zero-order chi connectivity index (χ0) is 18.3. The van der Waals surface area contributed by atoms with Crippen LogP contribution in [-0.4, -0.2) is 44.9 Å². The lowest BCUT2D eigenvalue weighted by molar-refractivity contribution is -0.146. The van der Waals surface area contributed by atoms with Crippen molar-refractivity contribution in [2.45, 2.75) is 54.5 Å². The Morgan fingerprint density at radius 1 is 1.50 bits per heavy atom. The Kier molecular flexibility index (Phi) is 5.66. The lowest BCUT2D eigenvalue weighted by Crippen LogP contribution is -2.60. The van der Waals surface area contributed by atoms with Crippen LogP contribution in [0.3, 0.4) is 0 Å². The summed E-state index contributed by atoms with van der Waals surface area (Å²) in [6.07, 6.45) is 2.55. The maximum absolute atomic E-state index is 12.2. The van der Waals surface area contributed by atoms with Gasteiger partial charge < -0.3 is 19.9 Å². The maximum atomic E-state index is 12.2. The summed E-state index contributed by atoms with van der Waals surface area (Å²) < 4.78 is 9.47. The van der Waals surface area contributed by atoms with Gasteiger partial charge in [0, 0.05) is 12.3 Å². The number of carbonyl (C=O) groups is 1. The van der Waals surface area contributed by atoms with Gasteiger partial charge in [-0.2, -0.15) is 0 Å². The van der Waals surface area contributed by atoms with Crippen LogP contribution in [-0.2, 0) is 14.3 Å². The van der Waals surface area contributed by atoms with E-state index in [1.54, 1.807) is 6.08 Å². The number of aliphatic hydroxyl groups excluding tert-OH is 1. The smallest absolute Gasteiger partial charge is 0.272 e. The number of amides is 1. The molecule has 1 heterocycles. The summed E-state index contributed by atoms with van der Waals surface area (Å²) in [6.45, 7) is 9.63. The normalized spacial score (nSPS) is 36.1. The van der Waals surface area contributed by atoms with Crippen LogP contribution in [0.15, 0.2) is 24.3 Å². The summed E-state index contributed by atoms with van der Waals surface area (Å²) in [5.41, 5.74) is -0.233. The lowest BCUT2D eigenvalue weighted by Gasteiger charge is -2.45. The van der Waals surface area contributed by atoms with Crippen molar-refractivity contribution in [2.24, 2.45) is 5.92 Å². The van der Waals surface area contributed by atoms with Gasteiger partial charge in [0.25, 0.3) is 9.70 Å². The molecule has 24 heavy (non-hydrogen) atoms. The minimum absolute atomic E-state index is 0.205. The Balaban J connectivity index is 2.38. The monoisotopic (exact) mass is 397 g/mol. The zero-order valence-electron chi connectivity index (χ0n) is 13.8. The Hall–Kier alpha value is -0.300. The molecule has 0 aromatic heterocycles. The molecular weight excluding hydrogens is 377 g/mol. The summed E-state index contributed by atoms with van der Waals surface area (Å²) in [5, 5.41) is 13.0. The number of hydrogen-bond donors (Lipinski definition) is 2. The van der Waals surface area contributed by atoms with E-state index < -0.39 is 27.1 Å². The number of halogens is 3. The van der Waals surface area contributed by atoms with E-state index in [9.17, 15) is 9.90 Å². The molecular formula is C16H22Cl3NO4. The molecule has 4 atom stereocenters. The minimum atomic E-state index is -2.12. The first kappa shape index (κ1) is 20.0. The summed E-state index contributed by atoms with van der Waals surface area (Å²) in [7, 11) is 0. The SMILES string of the molecule is C=C[C@]1(NC(=O)C(Cl)(Cl)Cl)C[C@@H](O)C(C)=C[C@@H]1[C@H]1COC(C)(C)O1. The summed E-state index contributed by atoms with van der Waals surface area (Å²) >= 11 is 17.1. The van der Waals surface area contributed by atoms with Gasteiger partial charge in [0.1, 0.15) is 0 Å². The fourth-order valence-corrected chi connectivity index (χ4v) is 3.32. The van der Waals surface area contributed by atoms with E-state index in [2.05, 4.69) is 11.9 Å². The lowest BCUT2D eigenvalue weighted by atomic mass is 9.70. The van der Waals surface area contributed by atoms with E-state index >= 15 is 0 Å². The number of alkyl halides is 3. The number of rotatable bonds is 3. The topological polar surface area (TPSA) is 67.8 Å². The van der Waals surface area contributed by atoms with Crippen LogP contribution in [0.2, 0.25) is 0 Å². The Morgan fingerprint density at radius 2 is 2.12 bits per heavy atom. The van der Waals surface area contributed by atoms with Gasteiger partial charge in [-0.3, -0.25) is 4.79 Å². The van der Waals surface area contributed by atoms with Gasteiger partial charge in [0.15, 0.2) is 5.79 Å². The van der Waals surface area contributed by atoms with Crippen molar-refractivity contribution in [2.75, 3.05) is 6.61 Å². The van der Waals surface area contributed by atoms with Gasteiger partial charge in [0.2, 0.25) is 0 Å². The molecule has 0 spiro atoms. The number of nitrogens with one attached hydrogen (secondary N) is 1. The molecule has 1 aliphatic carbocycles. The molecule has 1 amide bonds. The first-order chi connectivity index (χ1) is 10.9. The molecule has 1 fully saturated rings. The zero-order valence-corrected chi connectivity index (χ0v) is 16.1. The first-order valence-corrected chi connectivity index (χ1v) is 8.75. The molecule has 0 bridgehead atoms. The molecule has 136 valence electrons. The van der Waals surface area contributed by atoms with E-state index in [4.69, 9.17) is 44.3 Å². The van der Waals surface area contributed by atoms with Crippen LogP contribution >= 0.6 is 34.8 Å². The summed E-state index contributed by atoms with van der Waals surface area (Å²) in [4.78, 5) is 12.2. The van der Waals surface area contributed by atoms with Crippen molar-refractivity contribution in [3.63, 3.8) is 0 Å². The fourth-order valence-electron chi connectivity index (χ4n) is 3.18. The Bertz CT molecular complexity index is 558. The third-order valence-corrected chi connectivity index (χ3v) is 5.01. The highest BCUT2D eigenvalue weighted by Crippen LogP contribution is 2.41. The molecule has 2 rings (SSSR count). The molecule has 5 nitrogen and oxygen atoms in total. The second-order valence-electron chi connectivity index (χ2n) is 6.72. The molecule has 0 saturated carbocycles. The number of carbonyl (C=O) groups excluding carboxylic acids is 1. The average Bonchev–Trinajstić information content (AvgIpc) is 2.81. The van der Waals surface area contributed by atoms with Crippen LogP contribution < -0.4 is 5.32 Å². The third-order valence-electron chi connectivity index (χ3n) is 4.49. The van der Waals surface area contributed by atoms with Crippen molar-refractivity contribution < 1.29 is 19.4 Å². The van der Waals surface area contributed by atoms with Crippen LogP contribution in [0.1, 0.15) is 27.2 Å². The van der Waals surface area contributed by atoms with Gasteiger partial charge in [0.05, 0.1) is 24.4 Å². The molecule has 1 aliphatic heterocycles. The molecule has 0 aromatic rings. The second kappa shape index (κ2) is 6.78. The van der Waals surface area contributed by atoms with E-state index in [1.807, 2.05) is 26.8 Å². The Morgan fingerprint density at radius 3 is 2.58 bits per heavy atom.